The van der Waals surface area contributed by atoms with Crippen LogP contribution in [-0.2, 0) is 16.1 Å². The van der Waals surface area contributed by atoms with Gasteiger partial charge in [-0.1, -0.05) is 12.1 Å². The lowest BCUT2D eigenvalue weighted by atomic mass is 10.1. The lowest BCUT2D eigenvalue weighted by Gasteiger charge is -2.35. The lowest BCUT2D eigenvalue weighted by Crippen LogP contribution is -2.48. The Kier molecular flexibility index (Phi) is 10.8. The fourth-order valence-corrected chi connectivity index (χ4v) is 3.68. The molecule has 1 aliphatic rings. The van der Waals surface area contributed by atoms with Gasteiger partial charge in [0, 0.05) is 32.7 Å². The number of hydrogen-bond acceptors (Lipinski definition) is 8. The number of piperazine rings is 1. The first-order valence-corrected chi connectivity index (χ1v) is 11.2. The highest BCUT2D eigenvalue weighted by atomic mass is 16.5. The van der Waals surface area contributed by atoms with Crippen LogP contribution in [0.2, 0.25) is 0 Å². The van der Waals surface area contributed by atoms with Crippen LogP contribution in [0.5, 0.6) is 23.0 Å². The van der Waals surface area contributed by atoms with Gasteiger partial charge in [0.1, 0.15) is 17.1 Å². The molecule has 3 rings (SSSR count). The molecule has 0 aromatic heterocycles. The van der Waals surface area contributed by atoms with Gasteiger partial charge in [-0.15, -0.1) is 0 Å². The fourth-order valence-electron chi connectivity index (χ4n) is 3.68. The molecule has 0 aliphatic carbocycles. The van der Waals surface area contributed by atoms with Crippen molar-refractivity contribution in [3.8, 4) is 23.0 Å². The van der Waals surface area contributed by atoms with Crippen molar-refractivity contribution in [2.24, 2.45) is 0 Å². The first kappa shape index (κ1) is 28.2. The van der Waals surface area contributed by atoms with Crippen molar-refractivity contribution < 1.29 is 43.5 Å². The molecule has 2 N–H and O–H groups in total. The summed E-state index contributed by atoms with van der Waals surface area (Å²) >= 11 is 0. The van der Waals surface area contributed by atoms with Crippen molar-refractivity contribution >= 4 is 17.8 Å². The molecule has 11 nitrogen and oxygen atoms in total. The molecule has 1 aliphatic heterocycles. The monoisotopic (exact) mass is 504 g/mol. The van der Waals surface area contributed by atoms with Crippen molar-refractivity contribution in [1.29, 1.82) is 0 Å². The minimum absolute atomic E-state index is 0.0629. The molecule has 36 heavy (non-hydrogen) atoms. The average molecular weight is 505 g/mol. The topological polar surface area (TPSA) is 135 Å². The van der Waals surface area contributed by atoms with E-state index in [9.17, 15) is 4.79 Å². The van der Waals surface area contributed by atoms with Crippen LogP contribution in [0.15, 0.2) is 36.4 Å². The molecule has 1 saturated heterocycles. The molecule has 1 heterocycles. The Bertz CT molecular complexity index is 1020. The van der Waals surface area contributed by atoms with E-state index < -0.39 is 11.9 Å². The number of amides is 1. The van der Waals surface area contributed by atoms with E-state index >= 15 is 0 Å². The molecule has 11 heteroatoms. The van der Waals surface area contributed by atoms with Crippen LogP contribution < -0.4 is 18.9 Å². The van der Waals surface area contributed by atoms with Crippen molar-refractivity contribution in [3.63, 3.8) is 0 Å². The molecule has 0 saturated carbocycles. The summed E-state index contributed by atoms with van der Waals surface area (Å²) in [7, 11) is 4.77. The summed E-state index contributed by atoms with van der Waals surface area (Å²) in [6, 6.07) is 11.4. The molecule has 0 unspecified atom stereocenters. The van der Waals surface area contributed by atoms with E-state index in [-0.39, 0.29) is 5.91 Å². The molecule has 0 atom stereocenters. The van der Waals surface area contributed by atoms with Gasteiger partial charge in [0.15, 0.2) is 11.5 Å². The molecule has 2 aromatic carbocycles. The highest BCUT2D eigenvalue weighted by molar-refractivity contribution is 6.27. The largest absolute Gasteiger partial charge is 0.496 e. The molecule has 1 amide bonds. The van der Waals surface area contributed by atoms with Gasteiger partial charge in [-0.2, -0.15) is 0 Å². The molecule has 196 valence electrons. The van der Waals surface area contributed by atoms with Crippen LogP contribution >= 0.6 is 0 Å². The second-order valence-corrected chi connectivity index (χ2v) is 7.63. The maximum Gasteiger partial charge on any atom is 0.414 e. The van der Waals surface area contributed by atoms with Gasteiger partial charge in [-0.25, -0.2) is 9.59 Å². The third-order valence-electron chi connectivity index (χ3n) is 5.42. The summed E-state index contributed by atoms with van der Waals surface area (Å²) in [5.41, 5.74) is 1.64. The number of hydrogen-bond donors (Lipinski definition) is 2. The second kappa shape index (κ2) is 13.8. The van der Waals surface area contributed by atoms with Crippen LogP contribution in [0.1, 0.15) is 22.8 Å². The zero-order valence-corrected chi connectivity index (χ0v) is 20.9. The standard InChI is InChI=1S/C23H30N2O5.C2H2O4/c1-5-30-21-15-17(9-10-18(21)27-2)16-24-11-13-25(14-12-24)23(26)22-19(28-3)7-6-8-20(22)29-4;3-1(4)2(5)6/h6-10,15H,5,11-14,16H2,1-4H3;(H,3,4)(H,5,6). The van der Waals surface area contributed by atoms with E-state index in [4.69, 9.17) is 38.7 Å². The van der Waals surface area contributed by atoms with E-state index in [1.54, 1.807) is 33.5 Å². The number of benzene rings is 2. The summed E-state index contributed by atoms with van der Waals surface area (Å²) in [4.78, 5) is 35.5. The Morgan fingerprint density at radius 2 is 1.36 bits per heavy atom. The van der Waals surface area contributed by atoms with Gasteiger partial charge < -0.3 is 34.1 Å². The highest BCUT2D eigenvalue weighted by Gasteiger charge is 2.27. The first-order valence-electron chi connectivity index (χ1n) is 11.2. The molecule has 2 aromatic rings. The number of ether oxygens (including phenoxy) is 4. The Hall–Kier alpha value is -3.99. The Morgan fingerprint density at radius 3 is 1.83 bits per heavy atom. The van der Waals surface area contributed by atoms with Crippen molar-refractivity contribution in [3.05, 3.63) is 47.5 Å². The van der Waals surface area contributed by atoms with Crippen LogP contribution in [0.4, 0.5) is 0 Å². The minimum Gasteiger partial charge on any atom is -0.496 e. The number of rotatable bonds is 8. The van der Waals surface area contributed by atoms with Gasteiger partial charge in [-0.3, -0.25) is 9.69 Å². The third-order valence-corrected chi connectivity index (χ3v) is 5.42. The van der Waals surface area contributed by atoms with Gasteiger partial charge in [0.2, 0.25) is 0 Å². The van der Waals surface area contributed by atoms with Gasteiger partial charge >= 0.3 is 11.9 Å². The first-order chi connectivity index (χ1) is 17.2. The Morgan fingerprint density at radius 1 is 0.806 bits per heavy atom. The van der Waals surface area contributed by atoms with Gasteiger partial charge in [0.05, 0.1) is 27.9 Å². The summed E-state index contributed by atoms with van der Waals surface area (Å²) in [5, 5.41) is 14.8. The average Bonchev–Trinajstić information content (AvgIpc) is 2.89. The van der Waals surface area contributed by atoms with E-state index in [2.05, 4.69) is 11.0 Å². The van der Waals surface area contributed by atoms with Gasteiger partial charge in [0.25, 0.3) is 5.91 Å². The quantitative estimate of drug-likeness (QED) is 0.515. The second-order valence-electron chi connectivity index (χ2n) is 7.63. The predicted molar refractivity (Wildman–Crippen MR) is 130 cm³/mol. The zero-order valence-electron chi connectivity index (χ0n) is 20.9. The van der Waals surface area contributed by atoms with Crippen LogP contribution in [0.25, 0.3) is 0 Å². The maximum absolute atomic E-state index is 13.1. The summed E-state index contributed by atoms with van der Waals surface area (Å²) in [5.74, 6) is -1.15. The van der Waals surface area contributed by atoms with E-state index in [0.29, 0.717) is 36.8 Å². The highest BCUT2D eigenvalue weighted by Crippen LogP contribution is 2.31. The molecule has 0 bridgehead atoms. The predicted octanol–water partition coefficient (Wildman–Crippen LogP) is 2.22. The normalized spacial score (nSPS) is 13.2. The zero-order chi connectivity index (χ0) is 26.7. The molecule has 0 radical (unpaired) electrons. The Labute approximate surface area is 209 Å². The van der Waals surface area contributed by atoms with Gasteiger partial charge in [-0.05, 0) is 36.8 Å². The number of aliphatic carboxylic acids is 2. The molecule has 1 fully saturated rings. The van der Waals surface area contributed by atoms with Crippen LogP contribution in [0.3, 0.4) is 0 Å². The molecule has 0 spiro atoms. The molecular weight excluding hydrogens is 472 g/mol. The van der Waals surface area contributed by atoms with E-state index in [1.165, 1.54) is 0 Å². The lowest BCUT2D eigenvalue weighted by molar-refractivity contribution is -0.159. The van der Waals surface area contributed by atoms with E-state index in [0.717, 1.165) is 36.7 Å². The summed E-state index contributed by atoms with van der Waals surface area (Å²) in [6.45, 7) is 6.22. The fraction of sp³-hybridized carbons (Fsp3) is 0.400. The van der Waals surface area contributed by atoms with Crippen molar-refractivity contribution in [2.45, 2.75) is 13.5 Å². The Balaban J connectivity index is 0.000000678. The van der Waals surface area contributed by atoms with Crippen molar-refractivity contribution in [2.75, 3.05) is 54.1 Å². The number of nitrogens with zero attached hydrogens (tertiary/aromatic N) is 2. The maximum atomic E-state index is 13.1. The van der Waals surface area contributed by atoms with Crippen molar-refractivity contribution in [1.82, 2.24) is 9.80 Å². The minimum atomic E-state index is -1.82. The summed E-state index contributed by atoms with van der Waals surface area (Å²) < 4.78 is 21.8. The molecular formula is C25H32N2O9. The number of methoxy groups -OCH3 is 3. The number of carboxylic acids is 2. The van der Waals surface area contributed by atoms with E-state index in [1.807, 2.05) is 30.0 Å². The third kappa shape index (κ3) is 7.51. The van der Waals surface area contributed by atoms with Crippen LogP contribution in [0, 0.1) is 0 Å². The number of carbonyl (C=O) groups excluding carboxylic acids is 1. The summed E-state index contributed by atoms with van der Waals surface area (Å²) in [6.07, 6.45) is 0. The number of carboxylic acid groups (broad SMARTS) is 2. The smallest absolute Gasteiger partial charge is 0.414 e. The number of carbonyl (C=O) groups is 3. The van der Waals surface area contributed by atoms with Crippen LogP contribution in [-0.4, -0.2) is 92.0 Å². The SMILES string of the molecule is CCOc1cc(CN2CCN(C(=O)c3c(OC)cccc3OC)CC2)ccc1OC.O=C(O)C(=O)O.